The van der Waals surface area contributed by atoms with Crippen LogP contribution in [0.2, 0.25) is 0 Å². The Morgan fingerprint density at radius 3 is 2.67 bits per heavy atom. The third kappa shape index (κ3) is 3.88. The molecule has 1 atom stereocenters. The molecule has 5 nitrogen and oxygen atoms in total. The zero-order chi connectivity index (χ0) is 16.9. The van der Waals surface area contributed by atoms with Gasteiger partial charge in [-0.1, -0.05) is 18.2 Å². The number of rotatable bonds is 5. The summed E-state index contributed by atoms with van der Waals surface area (Å²) in [7, 11) is 2.04. The number of anilines is 1. The van der Waals surface area contributed by atoms with E-state index in [1.54, 1.807) is 24.4 Å². The van der Waals surface area contributed by atoms with Gasteiger partial charge in [0.05, 0.1) is 6.10 Å². The van der Waals surface area contributed by atoms with Crippen molar-refractivity contribution in [3.05, 3.63) is 54.0 Å². The monoisotopic (exact) mass is 330 g/mol. The lowest BCUT2D eigenvalue weighted by Gasteiger charge is -2.37. The molecule has 0 spiro atoms. The summed E-state index contributed by atoms with van der Waals surface area (Å²) < 4.78 is 13.8. The lowest BCUT2D eigenvalue weighted by Crippen LogP contribution is -2.44. The van der Waals surface area contributed by atoms with Crippen LogP contribution < -0.4 is 4.90 Å². The van der Waals surface area contributed by atoms with Crippen LogP contribution in [0.3, 0.4) is 0 Å². The van der Waals surface area contributed by atoms with Crippen LogP contribution in [0.25, 0.3) is 0 Å². The molecule has 0 radical (unpaired) electrons. The Morgan fingerprint density at radius 2 is 2.00 bits per heavy atom. The summed E-state index contributed by atoms with van der Waals surface area (Å²) in [6.07, 6.45) is 2.85. The molecule has 128 valence electrons. The van der Waals surface area contributed by atoms with Crippen LogP contribution >= 0.6 is 0 Å². The maximum absolute atomic E-state index is 13.8. The minimum Gasteiger partial charge on any atom is -0.387 e. The van der Waals surface area contributed by atoms with Crippen molar-refractivity contribution in [3.63, 3.8) is 0 Å². The zero-order valence-corrected chi connectivity index (χ0v) is 13.8. The molecular weight excluding hydrogens is 307 g/mol. The smallest absolute Gasteiger partial charge is 0.151 e. The van der Waals surface area contributed by atoms with Crippen molar-refractivity contribution >= 4 is 5.82 Å². The van der Waals surface area contributed by atoms with Crippen molar-refractivity contribution in [1.82, 2.24) is 15.1 Å². The van der Waals surface area contributed by atoms with E-state index in [1.807, 2.05) is 19.2 Å². The predicted octanol–water partition coefficient (Wildman–Crippen LogP) is 2.25. The van der Waals surface area contributed by atoms with E-state index >= 15 is 0 Å². The van der Waals surface area contributed by atoms with E-state index in [9.17, 15) is 9.50 Å². The molecule has 0 bridgehead atoms. The van der Waals surface area contributed by atoms with Crippen LogP contribution in [-0.4, -0.2) is 52.9 Å². The average molecular weight is 330 g/mol. The molecular formula is C18H23FN4O. The van der Waals surface area contributed by atoms with Crippen molar-refractivity contribution in [2.24, 2.45) is 0 Å². The maximum Gasteiger partial charge on any atom is 0.151 e. The highest BCUT2D eigenvalue weighted by Gasteiger charge is 2.25. The van der Waals surface area contributed by atoms with Crippen molar-refractivity contribution in [2.45, 2.75) is 25.0 Å². The van der Waals surface area contributed by atoms with Gasteiger partial charge in [-0.05, 0) is 31.0 Å². The highest BCUT2D eigenvalue weighted by Crippen LogP contribution is 2.23. The second-order valence-electron chi connectivity index (χ2n) is 6.26. The first-order chi connectivity index (χ1) is 11.6. The Hall–Kier alpha value is -2.05. The maximum atomic E-state index is 13.8. The lowest BCUT2D eigenvalue weighted by atomic mass is 10.0. The summed E-state index contributed by atoms with van der Waals surface area (Å²) in [5, 5.41) is 18.4. The molecule has 2 heterocycles. The van der Waals surface area contributed by atoms with Gasteiger partial charge in [0.1, 0.15) is 5.82 Å². The van der Waals surface area contributed by atoms with E-state index in [0.29, 0.717) is 18.2 Å². The number of hydrogen-bond acceptors (Lipinski definition) is 5. The van der Waals surface area contributed by atoms with E-state index < -0.39 is 6.10 Å². The number of hydrogen-bond donors (Lipinski definition) is 1. The molecule has 1 fully saturated rings. The van der Waals surface area contributed by atoms with E-state index in [0.717, 1.165) is 31.7 Å². The number of likely N-dealkylation sites (tertiary alicyclic amines) is 1. The number of halogens is 1. The number of piperidine rings is 1. The number of aliphatic hydroxyl groups is 1. The predicted molar refractivity (Wildman–Crippen MR) is 91.3 cm³/mol. The second kappa shape index (κ2) is 7.68. The normalized spacial score (nSPS) is 17.6. The number of benzene rings is 1. The molecule has 1 saturated heterocycles. The van der Waals surface area contributed by atoms with Gasteiger partial charge in [0.25, 0.3) is 0 Å². The van der Waals surface area contributed by atoms with Crippen LogP contribution in [0.5, 0.6) is 0 Å². The molecule has 0 aliphatic carbocycles. The highest BCUT2D eigenvalue weighted by molar-refractivity contribution is 5.36. The molecule has 1 aliphatic rings. The standard InChI is InChI=1S/C18H23FN4O/c1-22(18-7-4-10-20-21-18)14-8-11-23(12-9-14)13-17(24)15-5-2-3-6-16(15)19/h2-7,10,14,17,24H,8-9,11-13H2,1H3. The summed E-state index contributed by atoms with van der Waals surface area (Å²) in [4.78, 5) is 4.36. The van der Waals surface area contributed by atoms with Gasteiger partial charge in [-0.2, -0.15) is 5.10 Å². The van der Waals surface area contributed by atoms with Crippen LogP contribution in [0.15, 0.2) is 42.6 Å². The molecule has 2 aromatic rings. The fourth-order valence-corrected chi connectivity index (χ4v) is 3.25. The first-order valence-corrected chi connectivity index (χ1v) is 8.30. The fraction of sp³-hybridized carbons (Fsp3) is 0.444. The molecule has 24 heavy (non-hydrogen) atoms. The van der Waals surface area contributed by atoms with E-state index in [4.69, 9.17) is 0 Å². The van der Waals surface area contributed by atoms with Gasteiger partial charge in [0.2, 0.25) is 0 Å². The van der Waals surface area contributed by atoms with Crippen LogP contribution in [-0.2, 0) is 0 Å². The molecule has 6 heteroatoms. The summed E-state index contributed by atoms with van der Waals surface area (Å²) in [5.74, 6) is 0.532. The van der Waals surface area contributed by atoms with Crippen molar-refractivity contribution < 1.29 is 9.50 Å². The zero-order valence-electron chi connectivity index (χ0n) is 13.8. The van der Waals surface area contributed by atoms with Gasteiger partial charge in [-0.25, -0.2) is 4.39 Å². The topological polar surface area (TPSA) is 52.5 Å². The van der Waals surface area contributed by atoms with Crippen LogP contribution in [0, 0.1) is 5.82 Å². The van der Waals surface area contributed by atoms with Gasteiger partial charge in [0.15, 0.2) is 5.82 Å². The van der Waals surface area contributed by atoms with Gasteiger partial charge in [-0.15, -0.1) is 5.10 Å². The third-order valence-corrected chi connectivity index (χ3v) is 4.72. The lowest BCUT2D eigenvalue weighted by molar-refractivity contribution is 0.0947. The van der Waals surface area contributed by atoms with Gasteiger partial charge in [0, 0.05) is 44.5 Å². The summed E-state index contributed by atoms with van der Waals surface area (Å²) in [5.41, 5.74) is 0.372. The SMILES string of the molecule is CN(c1cccnn1)C1CCN(CC(O)c2ccccc2F)CC1. The number of nitrogens with zero attached hydrogens (tertiary/aromatic N) is 4. The average Bonchev–Trinajstić information content (AvgIpc) is 2.63. The molecule has 1 aromatic heterocycles. The Balaban J connectivity index is 1.53. The third-order valence-electron chi connectivity index (χ3n) is 4.72. The van der Waals surface area contributed by atoms with Crippen molar-refractivity contribution in [1.29, 1.82) is 0 Å². The van der Waals surface area contributed by atoms with Crippen LogP contribution in [0.1, 0.15) is 24.5 Å². The minimum atomic E-state index is -0.791. The van der Waals surface area contributed by atoms with E-state index in [-0.39, 0.29) is 5.82 Å². The largest absolute Gasteiger partial charge is 0.387 e. The first kappa shape index (κ1) is 16.8. The molecule has 1 aromatic carbocycles. The van der Waals surface area contributed by atoms with Gasteiger partial charge < -0.3 is 14.9 Å². The molecule has 1 unspecified atom stereocenters. The Morgan fingerprint density at radius 1 is 1.25 bits per heavy atom. The summed E-state index contributed by atoms with van der Waals surface area (Å²) >= 11 is 0. The Labute approximate surface area is 141 Å². The molecule has 1 aliphatic heterocycles. The number of aromatic nitrogens is 2. The van der Waals surface area contributed by atoms with E-state index in [2.05, 4.69) is 20.0 Å². The summed E-state index contributed by atoms with van der Waals surface area (Å²) in [6, 6.07) is 10.7. The minimum absolute atomic E-state index is 0.345. The number of aliphatic hydroxyl groups excluding tert-OH is 1. The van der Waals surface area contributed by atoms with E-state index in [1.165, 1.54) is 6.07 Å². The first-order valence-electron chi connectivity index (χ1n) is 8.30. The molecule has 1 N–H and O–H groups in total. The van der Waals surface area contributed by atoms with Gasteiger partial charge >= 0.3 is 0 Å². The van der Waals surface area contributed by atoms with Crippen molar-refractivity contribution in [2.75, 3.05) is 31.6 Å². The quantitative estimate of drug-likeness (QED) is 0.911. The van der Waals surface area contributed by atoms with Crippen LogP contribution in [0.4, 0.5) is 10.2 Å². The number of β-amino-alcohol motifs (C(OH)–C–C–N with tert-alkyl or cyclic N) is 1. The Bertz CT molecular complexity index is 646. The summed E-state index contributed by atoms with van der Waals surface area (Å²) in [6.45, 7) is 2.21. The second-order valence-corrected chi connectivity index (χ2v) is 6.26. The molecule has 3 rings (SSSR count). The molecule has 0 saturated carbocycles. The Kier molecular flexibility index (Phi) is 5.37. The van der Waals surface area contributed by atoms with Gasteiger partial charge in [-0.3, -0.25) is 0 Å². The highest BCUT2D eigenvalue weighted by atomic mass is 19.1. The fourth-order valence-electron chi connectivity index (χ4n) is 3.25. The van der Waals surface area contributed by atoms with Crippen molar-refractivity contribution in [3.8, 4) is 0 Å². The molecule has 0 amide bonds.